The molecule has 0 bridgehead atoms. The molecule has 7 rings (SSSR count). The molecule has 0 radical (unpaired) electrons. The van der Waals surface area contributed by atoms with Gasteiger partial charge in [-0.2, -0.15) is 0 Å². The molecule has 4 aromatic rings. The topological polar surface area (TPSA) is 82.8 Å². The Balaban J connectivity index is 1.02. The molecule has 2 amide bonds. The third-order valence-electron chi connectivity index (χ3n) is 9.38. The Morgan fingerprint density at radius 3 is 2.61 bits per heavy atom. The predicted octanol–water partition coefficient (Wildman–Crippen LogP) is 5.33. The second kappa shape index (κ2) is 12.8. The van der Waals surface area contributed by atoms with E-state index in [9.17, 15) is 9.59 Å². The summed E-state index contributed by atoms with van der Waals surface area (Å²) in [6.45, 7) is 8.16. The number of imidazole rings is 1. The van der Waals surface area contributed by atoms with Gasteiger partial charge in [-0.05, 0) is 62.7 Å². The second-order valence-electron chi connectivity index (χ2n) is 12.4. The van der Waals surface area contributed by atoms with E-state index in [1.807, 2.05) is 87.3 Å². The molecule has 5 heterocycles. The van der Waals surface area contributed by atoms with Gasteiger partial charge < -0.3 is 14.5 Å². The van der Waals surface area contributed by atoms with Crippen molar-refractivity contribution in [3.05, 3.63) is 78.1 Å². The molecule has 10 heteroatoms. The molecule has 2 atom stereocenters. The number of benzene rings is 2. The van der Waals surface area contributed by atoms with Crippen LogP contribution in [0.25, 0.3) is 16.9 Å². The smallest absolute Gasteiger partial charge is 0.274 e. The Labute approximate surface area is 271 Å². The van der Waals surface area contributed by atoms with Crippen LogP contribution in [0.2, 0.25) is 0 Å². The van der Waals surface area contributed by atoms with Crippen LogP contribution in [0.4, 0.5) is 5.69 Å². The lowest BCUT2D eigenvalue weighted by molar-refractivity contribution is 0.0584. The van der Waals surface area contributed by atoms with Crippen LogP contribution < -0.4 is 10.0 Å². The van der Waals surface area contributed by atoms with Crippen molar-refractivity contribution < 1.29 is 14.3 Å². The number of nitrogens with zero attached hydrogens (tertiary/aromatic N) is 6. The number of piperazine rings is 1. The maximum absolute atomic E-state index is 13.8. The Bertz CT molecular complexity index is 1840. The van der Waals surface area contributed by atoms with Gasteiger partial charge in [-0.3, -0.25) is 23.9 Å². The van der Waals surface area contributed by atoms with Crippen molar-refractivity contribution in [2.45, 2.75) is 45.2 Å². The van der Waals surface area contributed by atoms with Crippen LogP contribution in [-0.4, -0.2) is 99.3 Å². The van der Waals surface area contributed by atoms with Gasteiger partial charge in [0.25, 0.3) is 11.8 Å². The molecule has 2 aromatic heterocycles. The van der Waals surface area contributed by atoms with Crippen molar-refractivity contribution in [2.24, 2.45) is 4.99 Å². The first-order valence-electron chi connectivity index (χ1n) is 16.1. The summed E-state index contributed by atoms with van der Waals surface area (Å²) in [4.78, 5) is 42.9. The van der Waals surface area contributed by atoms with E-state index in [0.29, 0.717) is 30.4 Å². The molecule has 46 heavy (non-hydrogen) atoms. The van der Waals surface area contributed by atoms with Gasteiger partial charge in [-0.15, -0.1) is 0 Å². The van der Waals surface area contributed by atoms with Crippen LogP contribution in [-0.2, 0) is 0 Å². The van der Waals surface area contributed by atoms with Crippen LogP contribution in [0, 0.1) is 0 Å². The SMILES string of the molecule is COc1cc2c(cc1/P=C(\C)CC(C)N1CCN(C(=O)c3nc(-c4ccccc4)n4ccccc34)CC1)N=C[C@@H]1CCCN1C2=O. The standard InChI is InChI=1S/C36H39N6O3P/c1-24(20-25(2)46-32-22-29-28(21-31(32)45-3)35(43)41-15-9-12-27(41)23-37-29)39-16-18-40(19-17-39)36(44)33-30-13-7-8-14-42(30)34(38-33)26-10-5-4-6-11-26/h4-8,10-11,13-14,21-24,27H,9,12,15-20H2,1-3H3/t24?,27-/m0/s1. The lowest BCUT2D eigenvalue weighted by Crippen LogP contribution is -2.51. The zero-order chi connectivity index (χ0) is 31.8. The zero-order valence-corrected chi connectivity index (χ0v) is 27.5. The van der Waals surface area contributed by atoms with Crippen molar-refractivity contribution >= 4 is 48.0 Å². The minimum atomic E-state index is -0.0173. The van der Waals surface area contributed by atoms with E-state index in [1.54, 1.807) is 7.11 Å². The molecule has 3 aliphatic rings. The fourth-order valence-corrected chi connectivity index (χ4v) is 8.14. The molecule has 2 saturated heterocycles. The lowest BCUT2D eigenvalue weighted by Gasteiger charge is -2.38. The summed E-state index contributed by atoms with van der Waals surface area (Å²) < 4.78 is 7.77. The van der Waals surface area contributed by atoms with Crippen molar-refractivity contribution in [1.82, 2.24) is 24.1 Å². The van der Waals surface area contributed by atoms with Gasteiger partial charge in [0.15, 0.2) is 5.69 Å². The molecule has 2 fully saturated rings. The van der Waals surface area contributed by atoms with Gasteiger partial charge in [0.05, 0.1) is 29.9 Å². The molecule has 0 N–H and O–H groups in total. The fourth-order valence-electron chi connectivity index (χ4n) is 6.92. The van der Waals surface area contributed by atoms with E-state index in [-0.39, 0.29) is 17.9 Å². The van der Waals surface area contributed by atoms with Gasteiger partial charge in [-0.25, -0.2) is 4.98 Å². The van der Waals surface area contributed by atoms with Gasteiger partial charge in [0.1, 0.15) is 11.6 Å². The van der Waals surface area contributed by atoms with Gasteiger partial charge in [0, 0.05) is 62.0 Å². The first-order chi connectivity index (χ1) is 22.4. The molecular weight excluding hydrogens is 595 g/mol. The molecular formula is C36H39N6O3P. The molecule has 1 unspecified atom stereocenters. The van der Waals surface area contributed by atoms with Crippen LogP contribution in [0.1, 0.15) is 54.0 Å². The van der Waals surface area contributed by atoms with Crippen molar-refractivity contribution in [3.8, 4) is 17.1 Å². The molecule has 3 aliphatic heterocycles. The number of methoxy groups -OCH3 is 1. The number of rotatable bonds is 7. The summed E-state index contributed by atoms with van der Waals surface area (Å²) in [5.41, 5.74) is 3.66. The molecule has 0 saturated carbocycles. The van der Waals surface area contributed by atoms with E-state index in [2.05, 4.69) is 18.7 Å². The third-order valence-corrected chi connectivity index (χ3v) is 10.5. The summed E-state index contributed by atoms with van der Waals surface area (Å²) in [5.74, 6) is 1.53. The highest BCUT2D eigenvalue weighted by Gasteiger charge is 2.33. The first kappa shape index (κ1) is 30.3. The number of fused-ring (bicyclic) bond motifs is 3. The average Bonchev–Trinajstić information content (AvgIpc) is 3.69. The van der Waals surface area contributed by atoms with E-state index < -0.39 is 0 Å². The number of pyridine rings is 1. The number of amides is 2. The maximum atomic E-state index is 13.8. The Kier molecular flexibility index (Phi) is 8.45. The Morgan fingerprint density at radius 1 is 1.04 bits per heavy atom. The fraction of sp³-hybridized carbons (Fsp3) is 0.361. The molecule has 0 spiro atoms. The van der Waals surface area contributed by atoms with Crippen molar-refractivity contribution in [3.63, 3.8) is 0 Å². The highest BCUT2D eigenvalue weighted by molar-refractivity contribution is 7.49. The minimum absolute atomic E-state index is 0.0173. The van der Waals surface area contributed by atoms with Crippen molar-refractivity contribution in [2.75, 3.05) is 39.8 Å². The monoisotopic (exact) mass is 634 g/mol. The number of carbonyl (C=O) groups is 2. The second-order valence-corrected chi connectivity index (χ2v) is 13.8. The summed E-state index contributed by atoms with van der Waals surface area (Å²) in [5, 5.41) is 2.34. The van der Waals surface area contributed by atoms with E-state index in [0.717, 1.165) is 80.7 Å². The number of hydrogen-bond donors (Lipinski definition) is 0. The Morgan fingerprint density at radius 2 is 1.83 bits per heavy atom. The van der Waals surface area contributed by atoms with E-state index in [4.69, 9.17) is 14.7 Å². The largest absolute Gasteiger partial charge is 0.496 e. The molecule has 236 valence electrons. The first-order valence-corrected chi connectivity index (χ1v) is 17.0. The molecule has 9 nitrogen and oxygen atoms in total. The predicted molar refractivity (Wildman–Crippen MR) is 185 cm³/mol. The number of aromatic nitrogens is 2. The highest BCUT2D eigenvalue weighted by atomic mass is 31.1. The van der Waals surface area contributed by atoms with Crippen molar-refractivity contribution in [1.29, 1.82) is 0 Å². The van der Waals surface area contributed by atoms with Crippen LogP contribution in [0.5, 0.6) is 5.75 Å². The van der Waals surface area contributed by atoms with Crippen LogP contribution in [0.3, 0.4) is 0 Å². The van der Waals surface area contributed by atoms with E-state index in [1.165, 1.54) is 5.29 Å². The highest BCUT2D eigenvalue weighted by Crippen LogP contribution is 2.32. The van der Waals surface area contributed by atoms with Crippen LogP contribution in [0.15, 0.2) is 71.9 Å². The maximum Gasteiger partial charge on any atom is 0.274 e. The van der Waals surface area contributed by atoms with Gasteiger partial charge >= 0.3 is 0 Å². The zero-order valence-electron chi connectivity index (χ0n) is 26.6. The number of carbonyl (C=O) groups excluding carboxylic acids is 2. The number of ether oxygens (including phenoxy) is 1. The minimum Gasteiger partial charge on any atom is -0.496 e. The van der Waals surface area contributed by atoms with Gasteiger partial charge in [-0.1, -0.05) is 44.6 Å². The number of aliphatic imine (C=N–C) groups is 1. The summed E-state index contributed by atoms with van der Waals surface area (Å²) in [6, 6.07) is 20.2. The Hall–Kier alpha value is -4.33. The summed E-state index contributed by atoms with van der Waals surface area (Å²) in [7, 11) is 2.73. The lowest BCUT2D eigenvalue weighted by atomic mass is 10.1. The number of hydrogen-bond acceptors (Lipinski definition) is 6. The van der Waals surface area contributed by atoms with Crippen LogP contribution >= 0.6 is 8.20 Å². The van der Waals surface area contributed by atoms with Gasteiger partial charge in [0.2, 0.25) is 0 Å². The third kappa shape index (κ3) is 5.74. The summed E-state index contributed by atoms with van der Waals surface area (Å²) in [6.07, 6.45) is 6.80. The molecule has 0 aliphatic carbocycles. The van der Waals surface area contributed by atoms with E-state index >= 15 is 0 Å². The summed E-state index contributed by atoms with van der Waals surface area (Å²) >= 11 is 0. The quantitative estimate of drug-likeness (QED) is 0.257. The molecule has 2 aromatic carbocycles. The normalized spacial score (nSPS) is 19.2. The average molecular weight is 635 g/mol.